The van der Waals surface area contributed by atoms with Gasteiger partial charge in [-0.3, -0.25) is 15.1 Å². The molecule has 0 unspecified atom stereocenters. The number of rotatable bonds is 3. The summed E-state index contributed by atoms with van der Waals surface area (Å²) in [4.78, 5) is 21.1. The molecule has 0 bridgehead atoms. The number of hydrogen-bond acceptors (Lipinski definition) is 7. The van der Waals surface area contributed by atoms with E-state index < -0.39 is 0 Å². The summed E-state index contributed by atoms with van der Waals surface area (Å²) in [5.41, 5.74) is 3.21. The molecule has 1 N–H and O–H groups in total. The number of carbonyl (C=O) groups is 1. The van der Waals surface area contributed by atoms with Gasteiger partial charge in [-0.05, 0) is 19.1 Å². The van der Waals surface area contributed by atoms with Crippen molar-refractivity contribution in [1.82, 2.24) is 20.2 Å². The van der Waals surface area contributed by atoms with Gasteiger partial charge in [-0.15, -0.1) is 21.5 Å². The fourth-order valence-corrected chi connectivity index (χ4v) is 3.01. The normalized spacial score (nSPS) is 10.4. The molecule has 0 spiro atoms. The first-order valence-electron chi connectivity index (χ1n) is 5.69. The monoisotopic (exact) mass is 303 g/mol. The van der Waals surface area contributed by atoms with Crippen LogP contribution in [0.3, 0.4) is 0 Å². The number of nitrogens with zero attached hydrogens (tertiary/aromatic N) is 4. The lowest BCUT2D eigenvalue weighted by Crippen LogP contribution is -2.11. The summed E-state index contributed by atoms with van der Waals surface area (Å²) in [5, 5.41) is 11.5. The van der Waals surface area contributed by atoms with E-state index in [1.165, 1.54) is 22.7 Å². The molecule has 0 atom stereocenters. The van der Waals surface area contributed by atoms with Gasteiger partial charge in [-0.2, -0.15) is 0 Å². The molecule has 0 aliphatic heterocycles. The van der Waals surface area contributed by atoms with E-state index in [2.05, 4.69) is 25.5 Å². The first-order valence-corrected chi connectivity index (χ1v) is 7.39. The third kappa shape index (κ3) is 2.56. The lowest BCUT2D eigenvalue weighted by Gasteiger charge is -1.97. The number of anilines is 1. The van der Waals surface area contributed by atoms with Crippen LogP contribution in [0.2, 0.25) is 0 Å². The van der Waals surface area contributed by atoms with Gasteiger partial charge in [0.05, 0.1) is 5.69 Å². The van der Waals surface area contributed by atoms with E-state index in [0.29, 0.717) is 15.7 Å². The molecule has 0 aliphatic carbocycles. The number of amides is 1. The van der Waals surface area contributed by atoms with Crippen molar-refractivity contribution in [3.8, 4) is 10.6 Å². The number of pyridine rings is 1. The highest BCUT2D eigenvalue weighted by Gasteiger charge is 2.17. The van der Waals surface area contributed by atoms with E-state index in [1.54, 1.807) is 17.9 Å². The van der Waals surface area contributed by atoms with E-state index in [0.717, 1.165) is 10.6 Å². The molecular formula is C12H9N5OS2. The minimum atomic E-state index is -0.211. The van der Waals surface area contributed by atoms with Crippen molar-refractivity contribution in [3.05, 3.63) is 40.6 Å². The molecule has 0 saturated carbocycles. The minimum Gasteiger partial charge on any atom is -0.296 e. The predicted octanol–water partition coefficient (Wildman–Crippen LogP) is 2.62. The molecule has 0 fully saturated rings. The Morgan fingerprint density at radius 1 is 1.30 bits per heavy atom. The van der Waals surface area contributed by atoms with Gasteiger partial charge in [0.25, 0.3) is 5.91 Å². The van der Waals surface area contributed by atoms with Crippen molar-refractivity contribution in [1.29, 1.82) is 0 Å². The Kier molecular flexibility index (Phi) is 3.48. The van der Waals surface area contributed by atoms with Gasteiger partial charge < -0.3 is 0 Å². The van der Waals surface area contributed by atoms with Gasteiger partial charge in [0.2, 0.25) is 5.13 Å². The maximum absolute atomic E-state index is 12.2. The van der Waals surface area contributed by atoms with Crippen LogP contribution in [-0.2, 0) is 0 Å². The zero-order valence-electron chi connectivity index (χ0n) is 10.4. The van der Waals surface area contributed by atoms with Crippen LogP contribution < -0.4 is 5.32 Å². The Labute approximate surface area is 122 Å². The highest BCUT2D eigenvalue weighted by Crippen LogP contribution is 2.28. The molecule has 20 heavy (non-hydrogen) atoms. The van der Waals surface area contributed by atoms with Gasteiger partial charge >= 0.3 is 0 Å². The van der Waals surface area contributed by atoms with E-state index in [1.807, 2.05) is 19.1 Å². The van der Waals surface area contributed by atoms with Crippen molar-refractivity contribution in [2.24, 2.45) is 0 Å². The average Bonchev–Trinajstić information content (AvgIpc) is 3.09. The van der Waals surface area contributed by atoms with Crippen molar-refractivity contribution in [3.63, 3.8) is 0 Å². The zero-order chi connectivity index (χ0) is 13.9. The first kappa shape index (κ1) is 12.8. The third-order valence-electron chi connectivity index (χ3n) is 2.51. The number of thiazole rings is 1. The highest BCUT2D eigenvalue weighted by atomic mass is 32.1. The van der Waals surface area contributed by atoms with E-state index in [4.69, 9.17) is 0 Å². The lowest BCUT2D eigenvalue weighted by molar-refractivity contribution is 0.102. The summed E-state index contributed by atoms with van der Waals surface area (Å²) < 4.78 is 0. The van der Waals surface area contributed by atoms with Crippen LogP contribution in [0.15, 0.2) is 30.0 Å². The van der Waals surface area contributed by atoms with Crippen LogP contribution in [-0.4, -0.2) is 26.1 Å². The second kappa shape index (κ2) is 5.43. The standard InChI is InChI=1S/C12H9N5OS2/c1-7-9(10(18)16-12-17-14-6-19-12)20-11(15-7)8-2-4-13-5-3-8/h2-6H,1H3,(H,16,17,18). The Hall–Kier alpha value is -2.19. The van der Waals surface area contributed by atoms with Crippen molar-refractivity contribution in [2.45, 2.75) is 6.92 Å². The SMILES string of the molecule is Cc1nc(-c2ccncc2)sc1C(=O)Nc1nncs1. The van der Waals surface area contributed by atoms with Crippen molar-refractivity contribution < 1.29 is 4.79 Å². The summed E-state index contributed by atoms with van der Waals surface area (Å²) in [6, 6.07) is 3.73. The predicted molar refractivity (Wildman–Crippen MR) is 77.9 cm³/mol. The van der Waals surface area contributed by atoms with Crippen LogP contribution in [0, 0.1) is 6.92 Å². The van der Waals surface area contributed by atoms with Crippen LogP contribution in [0.5, 0.6) is 0 Å². The number of nitrogens with one attached hydrogen (secondary N) is 1. The molecule has 0 aromatic carbocycles. The van der Waals surface area contributed by atoms with Gasteiger partial charge in [0.15, 0.2) is 0 Å². The molecule has 1 amide bonds. The molecule has 6 nitrogen and oxygen atoms in total. The Bertz CT molecular complexity index is 724. The molecule has 3 aromatic heterocycles. The second-order valence-corrected chi connectivity index (χ2v) is 5.70. The molecule has 100 valence electrons. The van der Waals surface area contributed by atoms with Crippen molar-refractivity contribution >= 4 is 33.7 Å². The fourth-order valence-electron chi connectivity index (χ4n) is 1.61. The van der Waals surface area contributed by atoms with E-state index >= 15 is 0 Å². The van der Waals surface area contributed by atoms with Gasteiger partial charge in [0, 0.05) is 18.0 Å². The summed E-state index contributed by atoms with van der Waals surface area (Å²) in [6.45, 7) is 1.82. The first-order chi connectivity index (χ1) is 9.74. The van der Waals surface area contributed by atoms with E-state index in [-0.39, 0.29) is 5.91 Å². The smallest absolute Gasteiger partial charge is 0.269 e. The third-order valence-corrected chi connectivity index (χ3v) is 4.32. The molecule has 0 aliphatic rings. The van der Waals surface area contributed by atoms with Crippen LogP contribution >= 0.6 is 22.7 Å². The van der Waals surface area contributed by atoms with E-state index in [9.17, 15) is 4.79 Å². The molecule has 3 aromatic rings. The largest absolute Gasteiger partial charge is 0.296 e. The number of aryl methyl sites for hydroxylation is 1. The topological polar surface area (TPSA) is 80.7 Å². The molecule has 3 rings (SSSR count). The van der Waals surface area contributed by atoms with Crippen molar-refractivity contribution in [2.75, 3.05) is 5.32 Å². The molecular weight excluding hydrogens is 294 g/mol. The quantitative estimate of drug-likeness (QED) is 0.804. The average molecular weight is 303 g/mol. The molecule has 0 saturated heterocycles. The van der Waals surface area contributed by atoms with Crippen LogP contribution in [0.25, 0.3) is 10.6 Å². The molecule has 0 radical (unpaired) electrons. The number of aromatic nitrogens is 4. The zero-order valence-corrected chi connectivity index (χ0v) is 12.0. The van der Waals surface area contributed by atoms with Gasteiger partial charge in [-0.1, -0.05) is 11.3 Å². The Morgan fingerprint density at radius 2 is 2.10 bits per heavy atom. The summed E-state index contributed by atoms with van der Waals surface area (Å²) in [5.74, 6) is -0.211. The summed E-state index contributed by atoms with van der Waals surface area (Å²) in [6.07, 6.45) is 3.40. The summed E-state index contributed by atoms with van der Waals surface area (Å²) in [7, 11) is 0. The molecule has 8 heteroatoms. The Morgan fingerprint density at radius 3 is 2.80 bits per heavy atom. The number of carbonyl (C=O) groups excluding carboxylic acids is 1. The van der Waals surface area contributed by atoms with Crippen LogP contribution in [0.4, 0.5) is 5.13 Å². The van der Waals surface area contributed by atoms with Gasteiger partial charge in [0.1, 0.15) is 15.4 Å². The maximum atomic E-state index is 12.2. The fraction of sp³-hybridized carbons (Fsp3) is 0.0833. The highest BCUT2D eigenvalue weighted by molar-refractivity contribution is 7.17. The van der Waals surface area contributed by atoms with Crippen LogP contribution in [0.1, 0.15) is 15.4 Å². The number of hydrogen-bond donors (Lipinski definition) is 1. The minimum absolute atomic E-state index is 0.211. The Balaban J connectivity index is 1.88. The second-order valence-electron chi connectivity index (χ2n) is 3.87. The lowest BCUT2D eigenvalue weighted by atomic mass is 10.3. The summed E-state index contributed by atoms with van der Waals surface area (Å²) >= 11 is 2.62. The van der Waals surface area contributed by atoms with Gasteiger partial charge in [-0.25, -0.2) is 4.98 Å². The molecule has 3 heterocycles. The maximum Gasteiger partial charge on any atom is 0.269 e.